The van der Waals surface area contributed by atoms with Crippen LogP contribution < -0.4 is 0 Å². The highest BCUT2D eigenvalue weighted by molar-refractivity contribution is 7.87. The van der Waals surface area contributed by atoms with Crippen LogP contribution in [0.1, 0.15) is 0 Å². The van der Waals surface area contributed by atoms with Gasteiger partial charge in [-0.25, -0.2) is 0 Å². The standard InChI is InChI=1S/C3H2ClF3O3S/c4-1-2-10-11(8,9)3(5,6)7/h1-2H. The zero-order valence-electron chi connectivity index (χ0n) is 4.80. The second-order valence-electron chi connectivity index (χ2n) is 1.26. The van der Waals surface area contributed by atoms with Gasteiger partial charge < -0.3 is 4.18 Å². The number of alkyl halides is 3. The van der Waals surface area contributed by atoms with Gasteiger partial charge in [-0.3, -0.25) is 0 Å². The van der Waals surface area contributed by atoms with E-state index in [2.05, 4.69) is 4.18 Å². The molecule has 0 aliphatic rings. The van der Waals surface area contributed by atoms with E-state index in [0.717, 1.165) is 0 Å². The summed E-state index contributed by atoms with van der Waals surface area (Å²) in [7, 11) is -5.53. The zero-order valence-corrected chi connectivity index (χ0v) is 6.37. The lowest BCUT2D eigenvalue weighted by Crippen LogP contribution is -2.23. The summed E-state index contributed by atoms with van der Waals surface area (Å²) in [5.74, 6) is 0. The minimum Gasteiger partial charge on any atom is -0.383 e. The van der Waals surface area contributed by atoms with E-state index in [0.29, 0.717) is 5.54 Å². The lowest BCUT2D eigenvalue weighted by Gasteiger charge is -2.04. The highest BCUT2D eigenvalue weighted by Crippen LogP contribution is 2.24. The molecule has 0 heterocycles. The fourth-order valence-corrected chi connectivity index (χ4v) is 0.572. The molecule has 0 aliphatic carbocycles. The van der Waals surface area contributed by atoms with Gasteiger partial charge in [0.1, 0.15) is 6.26 Å². The fraction of sp³-hybridized carbons (Fsp3) is 0.333. The molecule has 0 rings (SSSR count). The Morgan fingerprint density at radius 1 is 1.36 bits per heavy atom. The summed E-state index contributed by atoms with van der Waals surface area (Å²) < 4.78 is 57.3. The molecule has 0 aromatic carbocycles. The van der Waals surface area contributed by atoms with Gasteiger partial charge in [0.25, 0.3) is 0 Å². The maximum absolute atomic E-state index is 11.4. The molecule has 0 radical (unpaired) electrons. The molecule has 11 heavy (non-hydrogen) atoms. The first-order valence-corrected chi connectivity index (χ1v) is 3.90. The van der Waals surface area contributed by atoms with E-state index in [4.69, 9.17) is 11.6 Å². The normalized spacial score (nSPS) is 13.8. The molecule has 0 atom stereocenters. The summed E-state index contributed by atoms with van der Waals surface area (Å²) in [5, 5.41) is 0. The molecule has 0 aromatic rings. The Kier molecular flexibility index (Phi) is 3.18. The zero-order chi connectivity index (χ0) is 9.12. The number of hydrogen-bond acceptors (Lipinski definition) is 3. The van der Waals surface area contributed by atoms with Gasteiger partial charge in [-0.1, -0.05) is 11.6 Å². The van der Waals surface area contributed by atoms with E-state index in [-0.39, 0.29) is 6.26 Å². The predicted molar refractivity (Wildman–Crippen MR) is 31.1 cm³/mol. The summed E-state index contributed by atoms with van der Waals surface area (Å²) >= 11 is 4.72. The Labute approximate surface area is 65.5 Å². The SMILES string of the molecule is O=S(=O)(OC=CCl)C(F)(F)F. The van der Waals surface area contributed by atoms with Crippen molar-refractivity contribution in [2.24, 2.45) is 0 Å². The average Bonchev–Trinajstić information content (AvgIpc) is 1.81. The van der Waals surface area contributed by atoms with Gasteiger partial charge in [0.15, 0.2) is 0 Å². The third-order valence-corrected chi connectivity index (χ3v) is 1.55. The van der Waals surface area contributed by atoms with Crippen LogP contribution in [0, 0.1) is 0 Å². The summed E-state index contributed by atoms with van der Waals surface area (Å²) in [4.78, 5) is 0. The van der Waals surface area contributed by atoms with Crippen molar-refractivity contribution >= 4 is 21.7 Å². The van der Waals surface area contributed by atoms with E-state index in [1.807, 2.05) is 0 Å². The smallest absolute Gasteiger partial charge is 0.383 e. The summed E-state index contributed by atoms with van der Waals surface area (Å²) in [5.41, 5.74) is -4.91. The van der Waals surface area contributed by atoms with E-state index >= 15 is 0 Å². The molecule has 0 N–H and O–H groups in total. The van der Waals surface area contributed by atoms with E-state index < -0.39 is 15.6 Å². The summed E-state index contributed by atoms with van der Waals surface area (Å²) in [6, 6.07) is 0. The van der Waals surface area contributed by atoms with Crippen molar-refractivity contribution in [3.8, 4) is 0 Å². The van der Waals surface area contributed by atoms with Gasteiger partial charge in [0.05, 0.1) is 0 Å². The third kappa shape index (κ3) is 2.98. The minimum absolute atomic E-state index is 0.213. The molecule has 0 unspecified atom stereocenters. The Bertz CT molecular complexity index is 241. The topological polar surface area (TPSA) is 43.4 Å². The molecule has 0 fully saturated rings. The van der Waals surface area contributed by atoms with Crippen molar-refractivity contribution in [3.05, 3.63) is 11.8 Å². The van der Waals surface area contributed by atoms with Gasteiger partial charge in [0, 0.05) is 5.54 Å². The highest BCUT2D eigenvalue weighted by Gasteiger charge is 2.47. The highest BCUT2D eigenvalue weighted by atomic mass is 35.5. The quantitative estimate of drug-likeness (QED) is 0.395. The van der Waals surface area contributed by atoms with Crippen LogP contribution in [0.4, 0.5) is 13.2 Å². The molecule has 0 saturated carbocycles. The maximum Gasteiger partial charge on any atom is 0.534 e. The summed E-state index contributed by atoms with van der Waals surface area (Å²) in [6.07, 6.45) is 0.213. The molecule has 66 valence electrons. The first-order chi connectivity index (χ1) is 4.81. The third-order valence-electron chi connectivity index (χ3n) is 0.517. The maximum atomic E-state index is 11.4. The fourth-order valence-electron chi connectivity index (χ4n) is 0.149. The van der Waals surface area contributed by atoms with Gasteiger partial charge in [-0.15, -0.1) is 0 Å². The monoisotopic (exact) mass is 210 g/mol. The second kappa shape index (κ2) is 3.31. The molecular formula is C3H2ClF3O3S. The molecule has 0 bridgehead atoms. The van der Waals surface area contributed by atoms with Crippen LogP contribution in [0.15, 0.2) is 11.8 Å². The van der Waals surface area contributed by atoms with Crippen LogP contribution in [0.25, 0.3) is 0 Å². The predicted octanol–water partition coefficient (Wildman–Crippen LogP) is 1.56. The van der Waals surface area contributed by atoms with Crippen molar-refractivity contribution in [1.29, 1.82) is 0 Å². The largest absolute Gasteiger partial charge is 0.534 e. The molecule has 0 spiro atoms. The number of hydrogen-bond donors (Lipinski definition) is 0. The molecule has 0 saturated heterocycles. The van der Waals surface area contributed by atoms with Crippen LogP contribution in [0.3, 0.4) is 0 Å². The Hall–Kier alpha value is -0.430. The lowest BCUT2D eigenvalue weighted by molar-refractivity contribution is -0.0514. The van der Waals surface area contributed by atoms with Crippen molar-refractivity contribution in [2.45, 2.75) is 5.51 Å². The van der Waals surface area contributed by atoms with Crippen LogP contribution in [0.5, 0.6) is 0 Å². The Morgan fingerprint density at radius 2 is 1.82 bits per heavy atom. The van der Waals surface area contributed by atoms with E-state index in [1.165, 1.54) is 0 Å². The van der Waals surface area contributed by atoms with Crippen molar-refractivity contribution in [3.63, 3.8) is 0 Å². The van der Waals surface area contributed by atoms with Crippen LogP contribution >= 0.6 is 11.6 Å². The minimum atomic E-state index is -5.53. The van der Waals surface area contributed by atoms with E-state index in [9.17, 15) is 21.6 Å². The average molecular weight is 211 g/mol. The van der Waals surface area contributed by atoms with Gasteiger partial charge in [-0.2, -0.15) is 21.6 Å². The molecule has 0 aliphatic heterocycles. The van der Waals surface area contributed by atoms with Gasteiger partial charge >= 0.3 is 15.6 Å². The van der Waals surface area contributed by atoms with Crippen molar-refractivity contribution in [2.75, 3.05) is 0 Å². The lowest BCUT2D eigenvalue weighted by atomic mass is 11.2. The Morgan fingerprint density at radius 3 is 2.09 bits per heavy atom. The first kappa shape index (κ1) is 10.6. The number of rotatable bonds is 2. The molecule has 8 heteroatoms. The Balaban J connectivity index is 4.50. The molecule has 0 aromatic heterocycles. The summed E-state index contributed by atoms with van der Waals surface area (Å²) in [6.45, 7) is 0. The molecular weight excluding hydrogens is 209 g/mol. The van der Waals surface area contributed by atoms with E-state index in [1.54, 1.807) is 0 Å². The van der Waals surface area contributed by atoms with Gasteiger partial charge in [0.2, 0.25) is 0 Å². The molecule has 3 nitrogen and oxygen atoms in total. The van der Waals surface area contributed by atoms with Gasteiger partial charge in [-0.05, 0) is 0 Å². The van der Waals surface area contributed by atoms with Crippen molar-refractivity contribution < 1.29 is 25.8 Å². The van der Waals surface area contributed by atoms with Crippen molar-refractivity contribution in [1.82, 2.24) is 0 Å². The molecule has 0 amide bonds. The first-order valence-electron chi connectivity index (χ1n) is 2.06. The van der Waals surface area contributed by atoms with Crippen LogP contribution in [-0.2, 0) is 14.3 Å². The van der Waals surface area contributed by atoms with Crippen LogP contribution in [-0.4, -0.2) is 13.9 Å². The second-order valence-corrected chi connectivity index (χ2v) is 3.07. The van der Waals surface area contributed by atoms with Crippen LogP contribution in [0.2, 0.25) is 0 Å². The number of halogens is 4.